The average Bonchev–Trinajstić information content (AvgIpc) is 3.19. The summed E-state index contributed by atoms with van der Waals surface area (Å²) in [5, 5.41) is 13.0. The predicted octanol–water partition coefficient (Wildman–Crippen LogP) is 3.77. The van der Waals surface area contributed by atoms with Crippen molar-refractivity contribution in [3.05, 3.63) is 66.1 Å². The van der Waals surface area contributed by atoms with Crippen LogP contribution in [0.2, 0.25) is 0 Å². The Balaban J connectivity index is 1.70. The van der Waals surface area contributed by atoms with Crippen LogP contribution in [0.5, 0.6) is 5.75 Å². The maximum absolute atomic E-state index is 13.7. The van der Waals surface area contributed by atoms with Crippen molar-refractivity contribution in [1.29, 1.82) is 0 Å². The Bertz CT molecular complexity index is 862. The van der Waals surface area contributed by atoms with Crippen molar-refractivity contribution in [2.75, 3.05) is 0 Å². The van der Waals surface area contributed by atoms with E-state index in [0.717, 1.165) is 11.5 Å². The molecule has 25 heavy (non-hydrogen) atoms. The van der Waals surface area contributed by atoms with Crippen LogP contribution < -0.4 is 4.74 Å². The lowest BCUT2D eigenvalue weighted by Gasteiger charge is -2.09. The monoisotopic (exact) mass is 360 g/mol. The third-order valence-electron chi connectivity index (χ3n) is 3.32. The number of hydrogen-bond acceptors (Lipinski definition) is 6. The summed E-state index contributed by atoms with van der Waals surface area (Å²) in [7, 11) is 0. The minimum Gasteiger partial charge on any atom is -0.483 e. The fraction of sp³-hybridized carbons (Fsp3) is 0.235. The molecule has 8 heteroatoms. The lowest BCUT2D eigenvalue weighted by Crippen LogP contribution is -2.08. The van der Waals surface area contributed by atoms with Crippen LogP contribution >= 0.6 is 11.8 Å². The standard InChI is InChI=1S/C17H17FN4O2S/c1-3-8-22-16(10-23-15-7-5-4-6-14(15)18)19-20-17(22)25-11-13-9-12(2)24-21-13/h3-7,9H,1,8,10-11H2,2H3. The Morgan fingerprint density at radius 1 is 1.36 bits per heavy atom. The first kappa shape index (κ1) is 17.2. The Labute approximate surface area is 148 Å². The first-order valence-corrected chi connectivity index (χ1v) is 8.61. The van der Waals surface area contributed by atoms with Crippen molar-refractivity contribution in [3.63, 3.8) is 0 Å². The van der Waals surface area contributed by atoms with E-state index in [9.17, 15) is 4.39 Å². The number of hydrogen-bond donors (Lipinski definition) is 0. The summed E-state index contributed by atoms with van der Waals surface area (Å²) >= 11 is 1.49. The topological polar surface area (TPSA) is 66.0 Å². The van der Waals surface area contributed by atoms with Gasteiger partial charge in [-0.1, -0.05) is 35.1 Å². The van der Waals surface area contributed by atoms with E-state index < -0.39 is 5.82 Å². The number of halogens is 1. The largest absolute Gasteiger partial charge is 0.483 e. The fourth-order valence-corrected chi connectivity index (χ4v) is 3.02. The van der Waals surface area contributed by atoms with Gasteiger partial charge in [0.15, 0.2) is 22.5 Å². The lowest BCUT2D eigenvalue weighted by molar-refractivity contribution is 0.275. The molecule has 3 aromatic rings. The van der Waals surface area contributed by atoms with Gasteiger partial charge >= 0.3 is 0 Å². The highest BCUT2D eigenvalue weighted by molar-refractivity contribution is 7.98. The van der Waals surface area contributed by atoms with Crippen molar-refractivity contribution in [2.24, 2.45) is 0 Å². The molecule has 0 aliphatic heterocycles. The van der Waals surface area contributed by atoms with Crippen LogP contribution in [0.4, 0.5) is 4.39 Å². The highest BCUT2D eigenvalue weighted by atomic mass is 32.2. The van der Waals surface area contributed by atoms with Crippen LogP contribution in [0.15, 0.2) is 52.7 Å². The molecule has 6 nitrogen and oxygen atoms in total. The number of rotatable bonds is 8. The van der Waals surface area contributed by atoms with Gasteiger partial charge in [-0.15, -0.1) is 16.8 Å². The van der Waals surface area contributed by atoms with Crippen LogP contribution in [0.1, 0.15) is 17.3 Å². The summed E-state index contributed by atoms with van der Waals surface area (Å²) in [5.74, 6) is 1.75. The predicted molar refractivity (Wildman–Crippen MR) is 91.8 cm³/mol. The molecule has 0 saturated heterocycles. The van der Waals surface area contributed by atoms with E-state index in [2.05, 4.69) is 21.9 Å². The molecular weight excluding hydrogens is 343 g/mol. The molecule has 0 atom stereocenters. The molecular formula is C17H17FN4O2S. The molecule has 3 rings (SSSR count). The molecule has 0 saturated carbocycles. The Morgan fingerprint density at radius 3 is 2.92 bits per heavy atom. The van der Waals surface area contributed by atoms with Crippen LogP contribution in [-0.4, -0.2) is 19.9 Å². The third-order valence-corrected chi connectivity index (χ3v) is 4.32. The first-order valence-electron chi connectivity index (χ1n) is 7.62. The fourth-order valence-electron chi connectivity index (χ4n) is 2.17. The van der Waals surface area contributed by atoms with E-state index in [-0.39, 0.29) is 12.4 Å². The molecule has 0 fully saturated rings. The van der Waals surface area contributed by atoms with E-state index in [1.165, 1.54) is 17.8 Å². The van der Waals surface area contributed by atoms with Gasteiger partial charge in [-0.2, -0.15) is 0 Å². The van der Waals surface area contributed by atoms with E-state index in [1.54, 1.807) is 24.3 Å². The molecule has 2 heterocycles. The van der Waals surface area contributed by atoms with Gasteiger partial charge in [0.05, 0.1) is 5.69 Å². The quantitative estimate of drug-likeness (QED) is 0.450. The van der Waals surface area contributed by atoms with E-state index in [4.69, 9.17) is 9.26 Å². The molecule has 1 aromatic carbocycles. The van der Waals surface area contributed by atoms with Gasteiger partial charge in [0.2, 0.25) is 0 Å². The van der Waals surface area contributed by atoms with Crippen LogP contribution in [0, 0.1) is 12.7 Å². The molecule has 0 spiro atoms. The zero-order chi connectivity index (χ0) is 17.6. The second-order valence-corrected chi connectivity index (χ2v) is 6.18. The number of para-hydroxylation sites is 1. The average molecular weight is 360 g/mol. The molecule has 0 unspecified atom stereocenters. The Hall–Kier alpha value is -2.61. The van der Waals surface area contributed by atoms with Crippen molar-refractivity contribution >= 4 is 11.8 Å². The molecule has 0 N–H and O–H groups in total. The molecule has 0 aliphatic carbocycles. The molecule has 0 amide bonds. The summed E-state index contributed by atoms with van der Waals surface area (Å²) in [6.45, 7) is 6.25. The number of benzene rings is 1. The smallest absolute Gasteiger partial charge is 0.191 e. The second kappa shape index (κ2) is 7.98. The van der Waals surface area contributed by atoms with Crippen molar-refractivity contribution in [2.45, 2.75) is 31.0 Å². The van der Waals surface area contributed by atoms with E-state index >= 15 is 0 Å². The molecule has 2 aromatic heterocycles. The summed E-state index contributed by atoms with van der Waals surface area (Å²) < 4.78 is 26.1. The summed E-state index contributed by atoms with van der Waals surface area (Å²) in [4.78, 5) is 0. The lowest BCUT2D eigenvalue weighted by atomic mass is 10.3. The van der Waals surface area contributed by atoms with Gasteiger partial charge in [0, 0.05) is 18.4 Å². The normalized spacial score (nSPS) is 10.8. The SMILES string of the molecule is C=CCn1c(COc2ccccc2F)nnc1SCc1cc(C)on1. The van der Waals surface area contributed by atoms with Crippen molar-refractivity contribution < 1.29 is 13.7 Å². The molecule has 0 aliphatic rings. The van der Waals surface area contributed by atoms with Gasteiger partial charge in [0.1, 0.15) is 12.4 Å². The van der Waals surface area contributed by atoms with Gasteiger partial charge in [-0.3, -0.25) is 4.57 Å². The maximum atomic E-state index is 13.7. The molecule has 130 valence electrons. The van der Waals surface area contributed by atoms with Crippen molar-refractivity contribution in [1.82, 2.24) is 19.9 Å². The van der Waals surface area contributed by atoms with Gasteiger partial charge < -0.3 is 9.26 Å². The van der Waals surface area contributed by atoms with Gasteiger partial charge in [-0.25, -0.2) is 4.39 Å². The third kappa shape index (κ3) is 4.27. The molecule has 0 bridgehead atoms. The number of ether oxygens (including phenoxy) is 1. The van der Waals surface area contributed by atoms with Crippen LogP contribution in [0.3, 0.4) is 0 Å². The van der Waals surface area contributed by atoms with Gasteiger partial charge in [0.25, 0.3) is 0 Å². The summed E-state index contributed by atoms with van der Waals surface area (Å²) in [5.41, 5.74) is 0.833. The second-order valence-electron chi connectivity index (χ2n) is 5.23. The number of aromatic nitrogens is 4. The minimum absolute atomic E-state index is 0.116. The van der Waals surface area contributed by atoms with Crippen LogP contribution in [-0.2, 0) is 18.9 Å². The first-order chi connectivity index (χ1) is 12.2. The Kier molecular flexibility index (Phi) is 5.49. The number of aryl methyl sites for hydroxylation is 1. The number of allylic oxidation sites excluding steroid dienone is 1. The zero-order valence-corrected chi connectivity index (χ0v) is 14.5. The zero-order valence-electron chi connectivity index (χ0n) is 13.7. The number of thioether (sulfide) groups is 1. The highest BCUT2D eigenvalue weighted by Gasteiger charge is 2.14. The maximum Gasteiger partial charge on any atom is 0.191 e. The highest BCUT2D eigenvalue weighted by Crippen LogP contribution is 2.23. The number of nitrogens with zero attached hydrogens (tertiary/aromatic N) is 4. The van der Waals surface area contributed by atoms with E-state index in [0.29, 0.717) is 23.3 Å². The van der Waals surface area contributed by atoms with Gasteiger partial charge in [-0.05, 0) is 19.1 Å². The Morgan fingerprint density at radius 2 is 2.20 bits per heavy atom. The van der Waals surface area contributed by atoms with E-state index in [1.807, 2.05) is 17.6 Å². The van der Waals surface area contributed by atoms with Crippen molar-refractivity contribution in [3.8, 4) is 5.75 Å². The minimum atomic E-state index is -0.409. The summed E-state index contributed by atoms with van der Waals surface area (Å²) in [6.07, 6.45) is 1.75. The van der Waals surface area contributed by atoms with Crippen LogP contribution in [0.25, 0.3) is 0 Å². The molecule has 0 radical (unpaired) electrons. The summed E-state index contributed by atoms with van der Waals surface area (Å²) in [6, 6.07) is 8.14.